The van der Waals surface area contributed by atoms with E-state index in [1.54, 1.807) is 13.8 Å². The Morgan fingerprint density at radius 3 is 1.43 bits per heavy atom. The number of aliphatic hydroxyl groups is 1. The predicted octanol–water partition coefficient (Wildman–Crippen LogP) is 9.64. The number of hydrazone groups is 2. The number of aliphatic hydroxyl groups excluding tert-OH is 1. The summed E-state index contributed by atoms with van der Waals surface area (Å²) in [5.41, 5.74) is -13.2. The average Bonchev–Trinajstić information content (AvgIpc) is 1.68. The van der Waals surface area contributed by atoms with E-state index in [1.165, 1.54) is 43.5 Å². The minimum atomic E-state index is -5.16. The topological polar surface area (TPSA) is 265 Å². The van der Waals surface area contributed by atoms with Crippen molar-refractivity contribution in [3.63, 3.8) is 0 Å². The van der Waals surface area contributed by atoms with Crippen molar-refractivity contribution in [2.75, 3.05) is 73.1 Å². The number of carbonyl (C=O) groups is 2. The molecule has 4 aromatic carbocycles. The molecule has 93 heavy (non-hydrogen) atoms. The van der Waals surface area contributed by atoms with Crippen LogP contribution in [-0.4, -0.2) is 143 Å². The van der Waals surface area contributed by atoms with Crippen LogP contribution < -0.4 is 20.1 Å². The van der Waals surface area contributed by atoms with Crippen LogP contribution in [0.25, 0.3) is 45.3 Å². The highest BCUT2D eigenvalue weighted by atomic mass is 19.4. The first-order chi connectivity index (χ1) is 44.7. The first-order valence-electron chi connectivity index (χ1n) is 28.8. The number of amides is 2. The van der Waals surface area contributed by atoms with E-state index in [9.17, 15) is 13.9 Å². The maximum atomic E-state index is 16.9. The van der Waals surface area contributed by atoms with Gasteiger partial charge in [-0.05, 0) is 73.5 Å². The van der Waals surface area contributed by atoms with E-state index >= 15 is 44.7 Å². The molecule has 2 unspecified atom stereocenters. The minimum Gasteiger partial charge on any atom is -0.494 e. The minimum absolute atomic E-state index is 0.0193. The zero-order valence-corrected chi connectivity index (χ0v) is 49.6. The number of fused-ring (bicyclic) bond motifs is 2. The monoisotopic (exact) mass is 1310 g/mol. The molecule has 2 aliphatic heterocycles. The smallest absolute Gasteiger partial charge is 0.417 e. The molecule has 492 valence electrons. The van der Waals surface area contributed by atoms with E-state index in [-0.39, 0.29) is 85.6 Å². The highest BCUT2D eigenvalue weighted by Crippen LogP contribution is 2.55. The van der Waals surface area contributed by atoms with Crippen LogP contribution in [-0.2, 0) is 60.3 Å². The summed E-state index contributed by atoms with van der Waals surface area (Å²) < 4.78 is 194. The number of H-pyrrole nitrogens is 2. The molecule has 0 spiro atoms. The van der Waals surface area contributed by atoms with Gasteiger partial charge in [0.1, 0.15) is 45.9 Å². The van der Waals surface area contributed by atoms with Crippen LogP contribution in [0, 0.1) is 23.3 Å². The molecular formula is C61H58F10N12O10. The lowest BCUT2D eigenvalue weighted by atomic mass is 9.69. The fourth-order valence-corrected chi connectivity index (χ4v) is 10.6. The maximum absolute atomic E-state index is 16.9. The molecule has 2 aliphatic rings. The predicted molar refractivity (Wildman–Crippen MR) is 310 cm³/mol. The van der Waals surface area contributed by atoms with Crippen molar-refractivity contribution in [1.29, 1.82) is 0 Å². The number of halogens is 10. The summed E-state index contributed by atoms with van der Waals surface area (Å²) in [6.07, 6.45) is -7.46. The number of ether oxygens (including phenoxy) is 5. The Morgan fingerprint density at radius 1 is 0.581 bits per heavy atom. The first kappa shape index (κ1) is 66.3. The van der Waals surface area contributed by atoms with Crippen molar-refractivity contribution in [1.82, 2.24) is 50.9 Å². The molecule has 2 atom stereocenters. The van der Waals surface area contributed by atoms with Crippen LogP contribution in [0.2, 0.25) is 0 Å². The van der Waals surface area contributed by atoms with Gasteiger partial charge < -0.3 is 58.4 Å². The summed E-state index contributed by atoms with van der Waals surface area (Å²) in [6.45, 7) is -0.621. The second-order valence-electron chi connectivity index (χ2n) is 20.8. The Labute approximate surface area is 521 Å². The lowest BCUT2D eigenvalue weighted by molar-refractivity contribution is -0.175. The van der Waals surface area contributed by atoms with Crippen molar-refractivity contribution in [3.8, 4) is 56.8 Å². The van der Waals surface area contributed by atoms with E-state index in [2.05, 4.69) is 40.9 Å². The second kappa shape index (κ2) is 28.1. The molecule has 0 saturated heterocycles. The number of alkyl halides is 6. The summed E-state index contributed by atoms with van der Waals surface area (Å²) >= 11 is 0. The Balaban J connectivity index is 1.31. The fourth-order valence-electron chi connectivity index (χ4n) is 10.6. The van der Waals surface area contributed by atoms with Gasteiger partial charge in [0, 0.05) is 43.5 Å². The number of aromatic amines is 2. The van der Waals surface area contributed by atoms with Crippen molar-refractivity contribution in [3.05, 3.63) is 154 Å². The number of hydrogen-bond donors (Lipinski definition) is 5. The zero-order chi connectivity index (χ0) is 66.2. The second-order valence-corrected chi connectivity index (χ2v) is 20.8. The fraction of sp³-hybridized carbons (Fsp3) is 0.344. The number of nitrogens with zero attached hydrogens (tertiary/aromatic N) is 8. The van der Waals surface area contributed by atoms with Crippen LogP contribution in [0.15, 0.2) is 104 Å². The Kier molecular flexibility index (Phi) is 20.0. The lowest BCUT2D eigenvalue weighted by Gasteiger charge is -2.53. The van der Waals surface area contributed by atoms with E-state index in [4.69, 9.17) is 42.9 Å². The summed E-state index contributed by atoms with van der Waals surface area (Å²) in [7, 11) is 1.40. The molecule has 6 heterocycles. The van der Waals surface area contributed by atoms with Crippen molar-refractivity contribution in [2.45, 2.75) is 63.2 Å². The number of methoxy groups -OCH3 is 1. The van der Waals surface area contributed by atoms with Gasteiger partial charge in [0.15, 0.2) is 34.8 Å². The molecule has 32 heteroatoms. The Morgan fingerprint density at radius 2 is 1.02 bits per heavy atom. The number of imidazole rings is 2. The molecule has 0 saturated carbocycles. The number of aromatic nitrogens is 6. The summed E-state index contributed by atoms with van der Waals surface area (Å²) in [6, 6.07) is 14.1. The number of carbonyl (C=O) groups excluding carboxylic acids is 2. The maximum Gasteiger partial charge on any atom is 0.417 e. The molecule has 0 bridgehead atoms. The molecule has 8 aromatic rings. The Bertz CT molecular complexity index is 4040. The lowest BCUT2D eigenvalue weighted by Crippen LogP contribution is -2.75. The van der Waals surface area contributed by atoms with Gasteiger partial charge in [0.05, 0.1) is 112 Å². The standard InChI is InChI=1S/C61H58F10N12O10/c1-4-19-90-34-12-14-36(40(26-34)60(66,67)68)44-28-50(92-80-44)58(56(85)72-16-21-88-23-18-84,82-32-48-46(30-74-82)76-54(78-48)38-8-6-10-42(62)52(38)64)59(57(86)73-17-22-89-25-24-87-3,83-33-49-47(31-75-83)77-55(79-49)39-9-7-11-43(63)53(39)65)51-29-45(81-93-51)37-15-13-35(91-20-5-2)27-41(37)61(69,70)71/h6-15,26-31,84H,4-5,16-25,32-33H2,1-3H3,(H,72,85)(H,73,86)(H,76,78)(H,77,79). The van der Waals surface area contributed by atoms with Crippen LogP contribution in [0.4, 0.5) is 43.9 Å². The zero-order valence-electron chi connectivity index (χ0n) is 49.6. The van der Waals surface area contributed by atoms with E-state index in [1.807, 2.05) is 0 Å². The molecule has 4 aromatic heterocycles. The molecule has 22 nitrogen and oxygen atoms in total. The normalized spacial score (nSPS) is 14.4. The van der Waals surface area contributed by atoms with Gasteiger partial charge in [-0.3, -0.25) is 19.6 Å². The largest absolute Gasteiger partial charge is 0.494 e. The summed E-state index contributed by atoms with van der Waals surface area (Å²) in [4.78, 5) is 48.5. The van der Waals surface area contributed by atoms with Gasteiger partial charge in [-0.25, -0.2) is 27.5 Å². The van der Waals surface area contributed by atoms with Crippen molar-refractivity contribution < 1.29 is 91.3 Å². The van der Waals surface area contributed by atoms with Crippen molar-refractivity contribution >= 4 is 24.2 Å². The van der Waals surface area contributed by atoms with E-state index < -0.39 is 154 Å². The van der Waals surface area contributed by atoms with Gasteiger partial charge in [-0.1, -0.05) is 36.3 Å². The number of rotatable bonds is 28. The Hall–Kier alpha value is -9.66. The highest BCUT2D eigenvalue weighted by Gasteiger charge is 2.74. The molecule has 10 rings (SSSR count). The molecule has 2 amide bonds. The van der Waals surface area contributed by atoms with Crippen LogP contribution in [0.5, 0.6) is 11.5 Å². The summed E-state index contributed by atoms with van der Waals surface area (Å²) in [5.74, 6) is -10.8. The van der Waals surface area contributed by atoms with Gasteiger partial charge >= 0.3 is 12.4 Å². The molecule has 0 radical (unpaired) electrons. The first-order valence-corrected chi connectivity index (χ1v) is 28.8. The van der Waals surface area contributed by atoms with Crippen LogP contribution >= 0.6 is 0 Å². The van der Waals surface area contributed by atoms with E-state index in [0.29, 0.717) is 25.0 Å². The highest BCUT2D eigenvalue weighted by molar-refractivity contribution is 6.01. The third-order valence-electron chi connectivity index (χ3n) is 14.8. The number of benzene rings is 4. The molecular weight excluding hydrogens is 1250 g/mol. The number of nitrogens with one attached hydrogen (secondary N) is 4. The molecule has 0 aliphatic carbocycles. The SMILES string of the molecule is CCCOc1ccc(-c2cc(C(C(=O)NCCOCCO)(N3Cc4[nH]c(-c5cccc(F)c5F)nc4C=N3)C(C(=O)NCCOCCOC)(c3cc(-c4ccc(OCCC)cc4C(F)(F)F)no3)N3Cc4[nH]c(-c5cccc(F)c5F)nc4C=N3)on2)c(C(F)(F)F)c1. The van der Waals surface area contributed by atoms with Gasteiger partial charge in [-0.15, -0.1) is 0 Å². The van der Waals surface area contributed by atoms with Gasteiger partial charge in [0.2, 0.25) is 11.1 Å². The average molecular weight is 1310 g/mol. The van der Waals surface area contributed by atoms with Gasteiger partial charge in [0.25, 0.3) is 11.8 Å². The quantitative estimate of drug-likeness (QED) is 0.0226. The van der Waals surface area contributed by atoms with Crippen molar-refractivity contribution in [2.24, 2.45) is 10.2 Å². The third kappa shape index (κ3) is 13.2. The van der Waals surface area contributed by atoms with Gasteiger partial charge in [-0.2, -0.15) is 36.5 Å². The van der Waals surface area contributed by atoms with E-state index in [0.717, 1.165) is 58.8 Å². The number of hydrogen-bond acceptors (Lipinski definition) is 18. The van der Waals surface area contributed by atoms with Crippen LogP contribution in [0.3, 0.4) is 0 Å². The summed E-state index contributed by atoms with van der Waals surface area (Å²) in [5, 5.41) is 34.5. The third-order valence-corrected chi connectivity index (χ3v) is 14.8. The van der Waals surface area contributed by atoms with Crippen LogP contribution in [0.1, 0.15) is 72.1 Å². The molecule has 5 N–H and O–H groups in total. The molecule has 0 fully saturated rings.